The number of para-hydroxylation sites is 1. The fourth-order valence-electron chi connectivity index (χ4n) is 2.48. The largest absolute Gasteiger partial charge is 0.496 e. The lowest BCUT2D eigenvalue weighted by atomic mass is 10.0. The number of ketones is 1. The fraction of sp³-hybridized carbons (Fsp3) is 0.211. The lowest BCUT2D eigenvalue weighted by Crippen LogP contribution is -2.04. The molecule has 0 saturated heterocycles. The highest BCUT2D eigenvalue weighted by molar-refractivity contribution is 6.09. The number of aromatic nitrogens is 3. The van der Waals surface area contributed by atoms with Gasteiger partial charge in [-0.1, -0.05) is 43.3 Å². The Hall–Kier alpha value is -2.95. The van der Waals surface area contributed by atoms with Crippen molar-refractivity contribution in [3.63, 3.8) is 0 Å². The van der Waals surface area contributed by atoms with Crippen LogP contribution in [0.3, 0.4) is 0 Å². The van der Waals surface area contributed by atoms with E-state index in [9.17, 15) is 4.79 Å². The van der Waals surface area contributed by atoms with Crippen molar-refractivity contribution in [3.8, 4) is 11.4 Å². The van der Waals surface area contributed by atoms with Gasteiger partial charge in [0.05, 0.1) is 24.6 Å². The molecule has 1 heterocycles. The Morgan fingerprint density at radius 3 is 2.46 bits per heavy atom. The van der Waals surface area contributed by atoms with E-state index in [4.69, 9.17) is 4.74 Å². The van der Waals surface area contributed by atoms with Crippen LogP contribution in [0.4, 0.5) is 0 Å². The number of ether oxygens (including phenoxy) is 1. The number of methoxy groups -OCH3 is 1. The van der Waals surface area contributed by atoms with Crippen molar-refractivity contribution in [2.75, 3.05) is 7.11 Å². The van der Waals surface area contributed by atoms with Gasteiger partial charge in [-0.15, -0.1) is 5.10 Å². The molecule has 0 aliphatic rings. The second-order valence-electron chi connectivity index (χ2n) is 5.82. The van der Waals surface area contributed by atoms with Crippen molar-refractivity contribution >= 4 is 5.78 Å². The van der Waals surface area contributed by atoms with Crippen LogP contribution in [0.1, 0.15) is 41.4 Å². The van der Waals surface area contributed by atoms with E-state index < -0.39 is 0 Å². The molecule has 3 aromatic rings. The Balaban J connectivity index is 1.89. The van der Waals surface area contributed by atoms with E-state index in [0.29, 0.717) is 17.2 Å². The van der Waals surface area contributed by atoms with Gasteiger partial charge in [0.1, 0.15) is 5.75 Å². The molecule has 0 saturated carbocycles. The third-order valence-corrected chi connectivity index (χ3v) is 3.90. The van der Waals surface area contributed by atoms with Crippen LogP contribution in [0.15, 0.2) is 54.7 Å². The maximum absolute atomic E-state index is 12.6. The molecule has 0 atom stereocenters. The molecule has 0 aliphatic heterocycles. The highest BCUT2D eigenvalue weighted by atomic mass is 16.5. The van der Waals surface area contributed by atoms with Gasteiger partial charge in [0.25, 0.3) is 0 Å². The molecule has 0 N–H and O–H groups in total. The Labute approximate surface area is 140 Å². The highest BCUT2D eigenvalue weighted by Gasteiger charge is 2.17. The van der Waals surface area contributed by atoms with E-state index in [-0.39, 0.29) is 11.5 Å². The van der Waals surface area contributed by atoms with Crippen molar-refractivity contribution < 1.29 is 9.53 Å². The van der Waals surface area contributed by atoms with Crippen LogP contribution in [-0.4, -0.2) is 27.9 Å². The zero-order chi connectivity index (χ0) is 17.1. The van der Waals surface area contributed by atoms with Crippen LogP contribution >= 0.6 is 0 Å². The van der Waals surface area contributed by atoms with Crippen LogP contribution < -0.4 is 4.74 Å². The van der Waals surface area contributed by atoms with Gasteiger partial charge >= 0.3 is 0 Å². The first-order valence-electron chi connectivity index (χ1n) is 7.80. The predicted molar refractivity (Wildman–Crippen MR) is 91.9 cm³/mol. The van der Waals surface area contributed by atoms with Gasteiger partial charge in [-0.25, -0.2) is 4.68 Å². The quantitative estimate of drug-likeness (QED) is 0.673. The normalized spacial score (nSPS) is 10.8. The number of nitrogens with zero attached hydrogens (tertiary/aromatic N) is 3. The zero-order valence-corrected chi connectivity index (χ0v) is 13.9. The Morgan fingerprint density at radius 2 is 1.79 bits per heavy atom. The first kappa shape index (κ1) is 15.9. The fourth-order valence-corrected chi connectivity index (χ4v) is 2.48. The Kier molecular flexibility index (Phi) is 4.42. The standard InChI is InChI=1S/C19H19N3O2/c1-13(2)14-8-10-15(11-9-14)22-12-17(20-21-22)19(23)16-6-4-5-7-18(16)24-3/h4-13H,1-3H3. The molecule has 2 aromatic carbocycles. The molecule has 0 unspecified atom stereocenters. The molecule has 24 heavy (non-hydrogen) atoms. The highest BCUT2D eigenvalue weighted by Crippen LogP contribution is 2.21. The SMILES string of the molecule is COc1ccccc1C(=O)c1cn(-c2ccc(C(C)C)cc2)nn1. The molecule has 0 bridgehead atoms. The second-order valence-corrected chi connectivity index (χ2v) is 5.82. The van der Waals surface area contributed by atoms with Crippen LogP contribution in [-0.2, 0) is 0 Å². The van der Waals surface area contributed by atoms with E-state index in [1.54, 1.807) is 36.2 Å². The minimum atomic E-state index is -0.211. The average molecular weight is 321 g/mol. The predicted octanol–water partition coefficient (Wildman–Crippen LogP) is 3.63. The first-order chi connectivity index (χ1) is 11.6. The number of hydrogen-bond acceptors (Lipinski definition) is 4. The summed E-state index contributed by atoms with van der Waals surface area (Å²) in [5.41, 5.74) is 2.88. The van der Waals surface area contributed by atoms with Crippen molar-refractivity contribution in [3.05, 3.63) is 71.5 Å². The number of benzene rings is 2. The zero-order valence-electron chi connectivity index (χ0n) is 13.9. The van der Waals surface area contributed by atoms with Crippen molar-refractivity contribution in [1.29, 1.82) is 0 Å². The molecular formula is C19H19N3O2. The van der Waals surface area contributed by atoms with Crippen molar-refractivity contribution in [2.45, 2.75) is 19.8 Å². The van der Waals surface area contributed by atoms with Crippen LogP contribution in [0.2, 0.25) is 0 Å². The number of hydrogen-bond donors (Lipinski definition) is 0. The van der Waals surface area contributed by atoms with Gasteiger partial charge in [0, 0.05) is 0 Å². The van der Waals surface area contributed by atoms with E-state index in [2.05, 4.69) is 36.3 Å². The van der Waals surface area contributed by atoms with Gasteiger partial charge in [0.2, 0.25) is 5.78 Å². The van der Waals surface area contributed by atoms with Gasteiger partial charge in [0.15, 0.2) is 5.69 Å². The molecule has 0 radical (unpaired) electrons. The first-order valence-corrected chi connectivity index (χ1v) is 7.80. The summed E-state index contributed by atoms with van der Waals surface area (Å²) in [6.45, 7) is 4.29. The summed E-state index contributed by atoms with van der Waals surface area (Å²) < 4.78 is 6.84. The van der Waals surface area contributed by atoms with E-state index >= 15 is 0 Å². The van der Waals surface area contributed by atoms with Gasteiger partial charge in [-0.2, -0.15) is 0 Å². The molecule has 0 fully saturated rings. The monoisotopic (exact) mass is 321 g/mol. The molecule has 3 rings (SSSR count). The number of carbonyl (C=O) groups excluding carboxylic acids is 1. The summed E-state index contributed by atoms with van der Waals surface area (Å²) in [6, 6.07) is 15.2. The van der Waals surface area contributed by atoms with E-state index in [0.717, 1.165) is 5.69 Å². The van der Waals surface area contributed by atoms with Gasteiger partial charge < -0.3 is 4.74 Å². The molecule has 1 aromatic heterocycles. The topological polar surface area (TPSA) is 57.0 Å². The van der Waals surface area contributed by atoms with Crippen LogP contribution in [0.5, 0.6) is 5.75 Å². The minimum absolute atomic E-state index is 0.211. The molecule has 5 heteroatoms. The lowest BCUT2D eigenvalue weighted by molar-refractivity contribution is 0.103. The molecular weight excluding hydrogens is 302 g/mol. The maximum atomic E-state index is 12.6. The van der Waals surface area contributed by atoms with E-state index in [1.165, 1.54) is 5.56 Å². The number of rotatable bonds is 5. The summed E-state index contributed by atoms with van der Waals surface area (Å²) in [4.78, 5) is 12.6. The molecule has 0 amide bonds. The van der Waals surface area contributed by atoms with Gasteiger partial charge in [-0.3, -0.25) is 4.79 Å². The lowest BCUT2D eigenvalue weighted by Gasteiger charge is -2.06. The third kappa shape index (κ3) is 3.06. The van der Waals surface area contributed by atoms with Crippen LogP contribution in [0, 0.1) is 0 Å². The van der Waals surface area contributed by atoms with Gasteiger partial charge in [-0.05, 0) is 35.7 Å². The van der Waals surface area contributed by atoms with Crippen molar-refractivity contribution in [2.24, 2.45) is 0 Å². The molecule has 0 aliphatic carbocycles. The summed E-state index contributed by atoms with van der Waals surface area (Å²) in [7, 11) is 1.54. The Morgan fingerprint density at radius 1 is 1.08 bits per heavy atom. The summed E-state index contributed by atoms with van der Waals surface area (Å²) in [5.74, 6) is 0.785. The number of carbonyl (C=O) groups is 1. The van der Waals surface area contributed by atoms with Crippen LogP contribution in [0.25, 0.3) is 5.69 Å². The van der Waals surface area contributed by atoms with E-state index in [1.807, 2.05) is 18.2 Å². The second kappa shape index (κ2) is 6.66. The molecule has 5 nitrogen and oxygen atoms in total. The minimum Gasteiger partial charge on any atom is -0.496 e. The average Bonchev–Trinajstić information content (AvgIpc) is 3.11. The smallest absolute Gasteiger partial charge is 0.218 e. The van der Waals surface area contributed by atoms with Crippen molar-refractivity contribution in [1.82, 2.24) is 15.0 Å². The third-order valence-electron chi connectivity index (χ3n) is 3.90. The Bertz CT molecular complexity index is 851. The molecule has 122 valence electrons. The maximum Gasteiger partial charge on any atom is 0.218 e. The summed E-state index contributed by atoms with van der Waals surface area (Å²) in [5, 5.41) is 8.08. The summed E-state index contributed by atoms with van der Waals surface area (Å²) in [6.07, 6.45) is 1.64. The molecule has 0 spiro atoms. The summed E-state index contributed by atoms with van der Waals surface area (Å²) >= 11 is 0.